The Labute approximate surface area is 127 Å². The highest BCUT2D eigenvalue weighted by molar-refractivity contribution is 6.39. The molecule has 2 heterocycles. The third kappa shape index (κ3) is 3.01. The number of aromatic nitrogens is 2. The smallest absolute Gasteiger partial charge is 0.267 e. The molecule has 0 aromatic carbocycles. The maximum atomic E-state index is 12.3. The van der Waals surface area contributed by atoms with Gasteiger partial charge in [-0.3, -0.25) is 14.3 Å². The average molecular weight is 305 g/mol. The van der Waals surface area contributed by atoms with Crippen LogP contribution in [-0.4, -0.2) is 38.5 Å². The Hall–Kier alpha value is -2.22. The molecule has 0 bridgehead atoms. The standard InChI is InChI=1S/C14H19N5O3/c1-19-7-9(6-15-19)13(8-4-10(20)5-8)16-14(22)11-2-3-12(21)18-17-11/h6-8,10,13,20H,2-5H2,1H3,(H,16,22)(H,18,21)/t8?,10?,13-/m0/s1. The van der Waals surface area contributed by atoms with Gasteiger partial charge in [-0.1, -0.05) is 0 Å². The number of nitrogens with one attached hydrogen (secondary N) is 2. The summed E-state index contributed by atoms with van der Waals surface area (Å²) < 4.78 is 1.68. The quantitative estimate of drug-likeness (QED) is 0.704. The molecule has 2 amide bonds. The lowest BCUT2D eigenvalue weighted by Gasteiger charge is -2.37. The van der Waals surface area contributed by atoms with Crippen LogP contribution >= 0.6 is 0 Å². The highest BCUT2D eigenvalue weighted by Crippen LogP contribution is 2.37. The van der Waals surface area contributed by atoms with E-state index in [4.69, 9.17) is 0 Å². The highest BCUT2D eigenvalue weighted by atomic mass is 16.3. The van der Waals surface area contributed by atoms with Crippen molar-refractivity contribution in [3.63, 3.8) is 0 Å². The zero-order valence-electron chi connectivity index (χ0n) is 12.3. The van der Waals surface area contributed by atoms with Gasteiger partial charge >= 0.3 is 0 Å². The van der Waals surface area contributed by atoms with Crippen molar-refractivity contribution in [1.29, 1.82) is 0 Å². The van der Waals surface area contributed by atoms with Crippen molar-refractivity contribution in [3.8, 4) is 0 Å². The second-order valence-corrected chi connectivity index (χ2v) is 5.88. The lowest BCUT2D eigenvalue weighted by Crippen LogP contribution is -2.44. The molecule has 0 unspecified atom stereocenters. The molecule has 2 aliphatic rings. The molecular weight excluding hydrogens is 286 g/mol. The molecule has 3 rings (SSSR count). The van der Waals surface area contributed by atoms with Crippen molar-refractivity contribution >= 4 is 17.5 Å². The second-order valence-electron chi connectivity index (χ2n) is 5.88. The first-order valence-electron chi connectivity index (χ1n) is 7.36. The maximum Gasteiger partial charge on any atom is 0.267 e. The number of hydrogen-bond acceptors (Lipinski definition) is 5. The molecule has 1 saturated carbocycles. The lowest BCUT2D eigenvalue weighted by molar-refractivity contribution is -0.121. The molecular formula is C14H19N5O3. The highest BCUT2D eigenvalue weighted by Gasteiger charge is 2.37. The molecule has 3 N–H and O–H groups in total. The summed E-state index contributed by atoms with van der Waals surface area (Å²) in [7, 11) is 1.82. The Morgan fingerprint density at radius 3 is 2.82 bits per heavy atom. The van der Waals surface area contributed by atoms with E-state index in [0.717, 1.165) is 5.56 Å². The van der Waals surface area contributed by atoms with E-state index in [1.165, 1.54) is 0 Å². The molecule has 22 heavy (non-hydrogen) atoms. The molecule has 0 saturated heterocycles. The van der Waals surface area contributed by atoms with Gasteiger partial charge in [0.2, 0.25) is 5.91 Å². The molecule has 1 aromatic heterocycles. The minimum atomic E-state index is -0.299. The summed E-state index contributed by atoms with van der Waals surface area (Å²) >= 11 is 0. The van der Waals surface area contributed by atoms with Crippen molar-refractivity contribution < 1.29 is 14.7 Å². The van der Waals surface area contributed by atoms with Crippen molar-refractivity contribution in [1.82, 2.24) is 20.5 Å². The number of carbonyl (C=O) groups is 2. The molecule has 8 nitrogen and oxygen atoms in total. The van der Waals surface area contributed by atoms with Crippen LogP contribution in [0.4, 0.5) is 0 Å². The van der Waals surface area contributed by atoms with E-state index in [0.29, 0.717) is 25.0 Å². The Balaban J connectivity index is 1.72. The number of carbonyl (C=O) groups excluding carboxylic acids is 2. The SMILES string of the molecule is Cn1cc([C@@H](NC(=O)C2=NNC(=O)CC2)C2CC(O)C2)cn1. The summed E-state index contributed by atoms with van der Waals surface area (Å²) in [5, 5.41) is 20.5. The van der Waals surface area contributed by atoms with E-state index in [-0.39, 0.29) is 36.3 Å². The van der Waals surface area contributed by atoms with Gasteiger partial charge in [-0.25, -0.2) is 5.43 Å². The monoisotopic (exact) mass is 305 g/mol. The Bertz CT molecular complexity index is 618. The second kappa shape index (κ2) is 5.88. The number of amides is 2. The fourth-order valence-corrected chi connectivity index (χ4v) is 2.84. The molecule has 1 aromatic rings. The number of aliphatic hydroxyl groups is 1. The summed E-state index contributed by atoms with van der Waals surface area (Å²) in [5.41, 5.74) is 3.56. The van der Waals surface area contributed by atoms with Crippen LogP contribution in [0.3, 0.4) is 0 Å². The van der Waals surface area contributed by atoms with Crippen molar-refractivity contribution in [3.05, 3.63) is 18.0 Å². The van der Waals surface area contributed by atoms with E-state index >= 15 is 0 Å². The van der Waals surface area contributed by atoms with Gasteiger partial charge in [-0.2, -0.15) is 10.2 Å². The Morgan fingerprint density at radius 1 is 1.50 bits per heavy atom. The van der Waals surface area contributed by atoms with E-state index in [2.05, 4.69) is 20.9 Å². The van der Waals surface area contributed by atoms with E-state index < -0.39 is 0 Å². The fraction of sp³-hybridized carbons (Fsp3) is 0.571. The van der Waals surface area contributed by atoms with Crippen LogP contribution in [0, 0.1) is 5.92 Å². The van der Waals surface area contributed by atoms with Gasteiger partial charge in [-0.15, -0.1) is 0 Å². The van der Waals surface area contributed by atoms with Crippen LogP contribution in [0.25, 0.3) is 0 Å². The largest absolute Gasteiger partial charge is 0.393 e. The van der Waals surface area contributed by atoms with Crippen molar-refractivity contribution in [2.45, 2.75) is 37.8 Å². The lowest BCUT2D eigenvalue weighted by atomic mass is 9.75. The molecule has 1 fully saturated rings. The van der Waals surface area contributed by atoms with E-state index in [1.807, 2.05) is 13.2 Å². The number of hydrogen-bond donors (Lipinski definition) is 3. The molecule has 1 aliphatic heterocycles. The maximum absolute atomic E-state index is 12.3. The van der Waals surface area contributed by atoms with E-state index in [1.54, 1.807) is 10.9 Å². The van der Waals surface area contributed by atoms with Gasteiger partial charge in [0, 0.05) is 31.6 Å². The first kappa shape index (κ1) is 14.7. The molecule has 1 aliphatic carbocycles. The van der Waals surface area contributed by atoms with E-state index in [9.17, 15) is 14.7 Å². The number of aryl methyl sites for hydroxylation is 1. The van der Waals surface area contributed by atoms with Crippen LogP contribution in [0.15, 0.2) is 17.5 Å². The number of aliphatic hydroxyl groups excluding tert-OH is 1. The van der Waals surface area contributed by atoms with Crippen LogP contribution in [0.1, 0.15) is 37.3 Å². The minimum Gasteiger partial charge on any atom is -0.393 e. The van der Waals surface area contributed by atoms with Crippen molar-refractivity contribution in [2.24, 2.45) is 18.1 Å². The van der Waals surface area contributed by atoms with Crippen LogP contribution < -0.4 is 10.7 Å². The molecule has 0 radical (unpaired) electrons. The summed E-state index contributed by atoms with van der Waals surface area (Å²) in [4.78, 5) is 23.4. The minimum absolute atomic E-state index is 0.178. The molecule has 118 valence electrons. The molecule has 0 spiro atoms. The first-order chi connectivity index (χ1) is 10.5. The van der Waals surface area contributed by atoms with Crippen LogP contribution in [0.2, 0.25) is 0 Å². The molecule has 1 atom stereocenters. The van der Waals surface area contributed by atoms with Crippen LogP contribution in [0.5, 0.6) is 0 Å². The zero-order valence-corrected chi connectivity index (χ0v) is 12.3. The topological polar surface area (TPSA) is 109 Å². The van der Waals surface area contributed by atoms with Gasteiger partial charge in [0.05, 0.1) is 18.3 Å². The average Bonchev–Trinajstić information content (AvgIpc) is 2.89. The third-order valence-corrected chi connectivity index (χ3v) is 4.16. The van der Waals surface area contributed by atoms with Gasteiger partial charge in [0.15, 0.2) is 0 Å². The Morgan fingerprint density at radius 2 is 2.27 bits per heavy atom. The number of rotatable bonds is 4. The van der Waals surface area contributed by atoms with Gasteiger partial charge in [-0.05, 0) is 18.8 Å². The summed E-state index contributed by atoms with van der Waals surface area (Å²) in [6.45, 7) is 0. The first-order valence-corrected chi connectivity index (χ1v) is 7.36. The third-order valence-electron chi connectivity index (χ3n) is 4.16. The van der Waals surface area contributed by atoms with Crippen LogP contribution in [-0.2, 0) is 16.6 Å². The zero-order chi connectivity index (χ0) is 15.7. The summed E-state index contributed by atoms with van der Waals surface area (Å²) in [6, 6.07) is -0.204. The number of nitrogens with zero attached hydrogens (tertiary/aromatic N) is 3. The Kier molecular flexibility index (Phi) is 3.93. The predicted octanol–water partition coefficient (Wildman–Crippen LogP) is -0.386. The molecule has 8 heteroatoms. The number of hydrazone groups is 1. The summed E-state index contributed by atoms with van der Waals surface area (Å²) in [6.07, 6.45) is 5.20. The summed E-state index contributed by atoms with van der Waals surface area (Å²) in [5.74, 6) is -0.278. The predicted molar refractivity (Wildman–Crippen MR) is 77.6 cm³/mol. The van der Waals surface area contributed by atoms with Gasteiger partial charge in [0.25, 0.3) is 5.91 Å². The normalized spacial score (nSPS) is 25.7. The van der Waals surface area contributed by atoms with Gasteiger partial charge in [0.1, 0.15) is 5.71 Å². The fourth-order valence-electron chi connectivity index (χ4n) is 2.84. The van der Waals surface area contributed by atoms with Gasteiger partial charge < -0.3 is 10.4 Å². The van der Waals surface area contributed by atoms with Crippen molar-refractivity contribution in [2.75, 3.05) is 0 Å².